The number of carbonyl (C=O) groups excluding carboxylic acids is 1. The van der Waals surface area contributed by atoms with Crippen molar-refractivity contribution in [2.75, 3.05) is 11.5 Å². The highest BCUT2D eigenvalue weighted by atomic mass is 32.2. The van der Waals surface area contributed by atoms with Crippen molar-refractivity contribution in [1.29, 1.82) is 0 Å². The van der Waals surface area contributed by atoms with E-state index in [-0.39, 0.29) is 9.22 Å². The molecular weight excluding hydrogens is 436 g/mol. The predicted octanol–water partition coefficient (Wildman–Crippen LogP) is 2.20. The number of carboxylic acids is 1. The van der Waals surface area contributed by atoms with E-state index in [1.165, 1.54) is 29.2 Å². The number of nitrogens with zero attached hydrogens (tertiary/aromatic N) is 1. The molecule has 0 radical (unpaired) electrons. The second-order valence-electron chi connectivity index (χ2n) is 5.78. The Morgan fingerprint density at radius 1 is 1.21 bits per heavy atom. The van der Waals surface area contributed by atoms with Crippen molar-refractivity contribution in [2.45, 2.75) is 4.90 Å². The Morgan fingerprint density at radius 2 is 1.86 bits per heavy atom. The molecule has 150 valence electrons. The first-order valence-corrected chi connectivity index (χ1v) is 10.8. The van der Waals surface area contributed by atoms with Gasteiger partial charge >= 0.3 is 5.97 Å². The van der Waals surface area contributed by atoms with Crippen molar-refractivity contribution < 1.29 is 27.9 Å². The molecule has 2 aromatic rings. The minimum atomic E-state index is -3.85. The zero-order valence-electron chi connectivity index (χ0n) is 14.6. The van der Waals surface area contributed by atoms with E-state index < -0.39 is 28.5 Å². The van der Waals surface area contributed by atoms with Gasteiger partial charge in [0, 0.05) is 5.56 Å². The second kappa shape index (κ2) is 8.33. The van der Waals surface area contributed by atoms with Crippen molar-refractivity contribution in [3.63, 3.8) is 0 Å². The number of primary sulfonamides is 1. The van der Waals surface area contributed by atoms with Crippen molar-refractivity contribution in [1.82, 2.24) is 0 Å². The smallest absolute Gasteiger partial charge is 0.341 e. The van der Waals surface area contributed by atoms with Gasteiger partial charge in [-0.3, -0.25) is 9.69 Å². The summed E-state index contributed by atoms with van der Waals surface area (Å²) in [6.45, 7) is -0.512. The predicted molar refractivity (Wildman–Crippen MR) is 113 cm³/mol. The molecule has 3 rings (SSSR count). The number of hydrogen-bond acceptors (Lipinski definition) is 7. The van der Waals surface area contributed by atoms with E-state index in [4.69, 9.17) is 27.2 Å². The first-order chi connectivity index (χ1) is 13.7. The molecule has 0 atom stereocenters. The molecule has 1 heterocycles. The molecular formula is C18H14N2O6S3. The van der Waals surface area contributed by atoms with Crippen molar-refractivity contribution in [2.24, 2.45) is 5.14 Å². The van der Waals surface area contributed by atoms with Crippen LogP contribution in [-0.2, 0) is 19.6 Å². The molecule has 1 fully saturated rings. The number of anilines is 1. The molecule has 0 aromatic heterocycles. The third-order valence-electron chi connectivity index (χ3n) is 3.77. The zero-order valence-corrected chi connectivity index (χ0v) is 17.1. The summed E-state index contributed by atoms with van der Waals surface area (Å²) in [5.41, 5.74) is 0.928. The quantitative estimate of drug-likeness (QED) is 0.507. The molecule has 1 aliphatic rings. The third-order valence-corrected chi connectivity index (χ3v) is 6.01. The summed E-state index contributed by atoms with van der Waals surface area (Å²) in [6.07, 6.45) is 1.56. The molecule has 11 heteroatoms. The van der Waals surface area contributed by atoms with Crippen LogP contribution in [0.15, 0.2) is 58.3 Å². The molecule has 8 nitrogen and oxygen atoms in total. The van der Waals surface area contributed by atoms with Gasteiger partial charge in [0.05, 0.1) is 15.5 Å². The Morgan fingerprint density at radius 3 is 2.48 bits per heavy atom. The van der Waals surface area contributed by atoms with Crippen LogP contribution < -0.4 is 14.8 Å². The maximum atomic E-state index is 12.9. The standard InChI is InChI=1S/C18H14N2O6S3/c19-29(24,25)13-7-5-12(6-8-13)20-17(23)15(28-18(20)27)9-11-3-1-2-4-14(11)26-10-16(21)22/h1-9H,10H2,(H,21,22)(H2,19,24,25)/b15-9+. The van der Waals surface area contributed by atoms with Crippen LogP contribution in [0.4, 0.5) is 5.69 Å². The summed E-state index contributed by atoms with van der Waals surface area (Å²) >= 11 is 6.36. The van der Waals surface area contributed by atoms with Gasteiger partial charge < -0.3 is 9.84 Å². The van der Waals surface area contributed by atoms with E-state index in [9.17, 15) is 18.0 Å². The summed E-state index contributed by atoms with van der Waals surface area (Å²) in [7, 11) is -3.85. The summed E-state index contributed by atoms with van der Waals surface area (Å²) in [6, 6.07) is 12.2. The van der Waals surface area contributed by atoms with Gasteiger partial charge in [-0.2, -0.15) is 0 Å². The molecule has 3 N–H and O–H groups in total. The van der Waals surface area contributed by atoms with Gasteiger partial charge in [-0.1, -0.05) is 42.2 Å². The molecule has 0 aliphatic carbocycles. The lowest BCUT2D eigenvalue weighted by Gasteiger charge is -2.14. The molecule has 29 heavy (non-hydrogen) atoms. The van der Waals surface area contributed by atoms with Crippen molar-refractivity contribution in [3.05, 3.63) is 59.0 Å². The normalized spacial score (nSPS) is 15.8. The van der Waals surface area contributed by atoms with Crippen LogP contribution >= 0.6 is 24.0 Å². The Hall–Kier alpha value is -2.73. The Kier molecular flexibility index (Phi) is 6.03. The van der Waals surface area contributed by atoms with E-state index in [1.807, 2.05) is 0 Å². The number of rotatable bonds is 6. The zero-order chi connectivity index (χ0) is 21.2. The number of nitrogens with two attached hydrogens (primary N) is 1. The van der Waals surface area contributed by atoms with Crippen molar-refractivity contribution >= 4 is 62.0 Å². The second-order valence-corrected chi connectivity index (χ2v) is 9.01. The fourth-order valence-corrected chi connectivity index (χ4v) is 4.29. The third kappa shape index (κ3) is 4.82. The van der Waals surface area contributed by atoms with Gasteiger partial charge in [0.25, 0.3) is 5.91 Å². The Balaban J connectivity index is 1.89. The van der Waals surface area contributed by atoms with Crippen molar-refractivity contribution in [3.8, 4) is 5.75 Å². The average molecular weight is 451 g/mol. The number of hydrogen-bond donors (Lipinski definition) is 2. The fourth-order valence-electron chi connectivity index (χ4n) is 2.49. The SMILES string of the molecule is NS(=O)(=O)c1ccc(N2C(=O)/C(=C\c3ccccc3OCC(=O)O)SC2=S)cc1. The van der Waals surface area contributed by atoms with Crippen LogP contribution in [0.2, 0.25) is 0 Å². The molecule has 1 saturated heterocycles. The summed E-state index contributed by atoms with van der Waals surface area (Å²) < 4.78 is 28.3. The number of carboxylic acid groups (broad SMARTS) is 1. The van der Waals surface area contributed by atoms with Gasteiger partial charge in [-0.05, 0) is 36.4 Å². The van der Waals surface area contributed by atoms with Crippen LogP contribution in [0.5, 0.6) is 5.75 Å². The minimum absolute atomic E-state index is 0.0771. The highest BCUT2D eigenvalue weighted by Gasteiger charge is 2.33. The molecule has 1 amide bonds. The number of aliphatic carboxylic acids is 1. The van der Waals surface area contributed by atoms with Gasteiger partial charge in [0.2, 0.25) is 10.0 Å². The lowest BCUT2D eigenvalue weighted by atomic mass is 10.2. The number of thiocarbonyl (C=S) groups is 1. The number of carbonyl (C=O) groups is 2. The average Bonchev–Trinajstić information content (AvgIpc) is 2.93. The van der Waals surface area contributed by atoms with E-state index in [0.29, 0.717) is 21.9 Å². The number of benzene rings is 2. The van der Waals surface area contributed by atoms with E-state index in [2.05, 4.69) is 0 Å². The lowest BCUT2D eigenvalue weighted by molar-refractivity contribution is -0.139. The van der Waals surface area contributed by atoms with Crippen LogP contribution in [0.1, 0.15) is 5.56 Å². The molecule has 1 aliphatic heterocycles. The maximum Gasteiger partial charge on any atom is 0.341 e. The van der Waals surface area contributed by atoms with Crippen LogP contribution in [0.3, 0.4) is 0 Å². The number of amides is 1. The molecule has 0 saturated carbocycles. The van der Waals surface area contributed by atoms with E-state index >= 15 is 0 Å². The van der Waals surface area contributed by atoms with Crippen LogP contribution in [0, 0.1) is 0 Å². The fraction of sp³-hybridized carbons (Fsp3) is 0.0556. The summed E-state index contributed by atoms with van der Waals surface area (Å²) in [4.78, 5) is 25.1. The molecule has 0 unspecified atom stereocenters. The van der Waals surface area contributed by atoms with Crippen LogP contribution in [0.25, 0.3) is 6.08 Å². The summed E-state index contributed by atoms with van der Waals surface area (Å²) in [5, 5.41) is 13.9. The first-order valence-electron chi connectivity index (χ1n) is 8.01. The molecule has 0 bridgehead atoms. The maximum absolute atomic E-state index is 12.9. The highest BCUT2D eigenvalue weighted by molar-refractivity contribution is 8.27. The Labute approximate surface area is 176 Å². The minimum Gasteiger partial charge on any atom is -0.481 e. The number of thioether (sulfide) groups is 1. The van der Waals surface area contributed by atoms with Gasteiger partial charge in [0.1, 0.15) is 5.75 Å². The summed E-state index contributed by atoms with van der Waals surface area (Å²) in [5.74, 6) is -1.19. The Bertz CT molecular complexity index is 1130. The van der Waals surface area contributed by atoms with Gasteiger partial charge in [0.15, 0.2) is 10.9 Å². The highest BCUT2D eigenvalue weighted by Crippen LogP contribution is 2.37. The largest absolute Gasteiger partial charge is 0.481 e. The number of sulfonamides is 1. The van der Waals surface area contributed by atoms with Crippen LogP contribution in [-0.4, -0.2) is 36.3 Å². The monoisotopic (exact) mass is 450 g/mol. The number of para-hydroxylation sites is 1. The number of ether oxygens (including phenoxy) is 1. The van der Waals surface area contributed by atoms with E-state index in [0.717, 1.165) is 11.8 Å². The molecule has 2 aromatic carbocycles. The topological polar surface area (TPSA) is 127 Å². The van der Waals surface area contributed by atoms with E-state index in [1.54, 1.807) is 30.3 Å². The van der Waals surface area contributed by atoms with Gasteiger partial charge in [-0.15, -0.1) is 0 Å². The van der Waals surface area contributed by atoms with Gasteiger partial charge in [-0.25, -0.2) is 18.4 Å². The molecule has 0 spiro atoms. The lowest BCUT2D eigenvalue weighted by Crippen LogP contribution is -2.27. The first kappa shape index (κ1) is 21.0.